The van der Waals surface area contributed by atoms with E-state index in [1.807, 2.05) is 13.0 Å². The Labute approximate surface area is 118 Å². The van der Waals surface area contributed by atoms with Gasteiger partial charge in [-0.05, 0) is 52.7 Å². The molecule has 5 heteroatoms. The van der Waals surface area contributed by atoms with Crippen LogP contribution in [0.15, 0.2) is 40.9 Å². The number of nitrogens with one attached hydrogen (secondary N) is 1. The normalized spacial score (nSPS) is 10.3. The molecule has 2 rings (SSSR count). The number of nitrogens with two attached hydrogens (primary N) is 1. The Morgan fingerprint density at radius 1 is 1.32 bits per heavy atom. The van der Waals surface area contributed by atoms with Gasteiger partial charge in [0.1, 0.15) is 5.82 Å². The van der Waals surface area contributed by atoms with Crippen molar-refractivity contribution in [2.24, 2.45) is 0 Å². The Morgan fingerprint density at radius 2 is 2.05 bits per heavy atom. The highest BCUT2D eigenvalue weighted by Gasteiger charge is 2.11. The molecule has 0 bridgehead atoms. The second-order valence-corrected chi connectivity index (χ2v) is 4.97. The van der Waals surface area contributed by atoms with E-state index in [1.165, 1.54) is 18.2 Å². The summed E-state index contributed by atoms with van der Waals surface area (Å²) in [6, 6.07) is 9.51. The summed E-state index contributed by atoms with van der Waals surface area (Å²) in [5.74, 6) is -0.701. The van der Waals surface area contributed by atoms with E-state index in [9.17, 15) is 9.18 Å². The summed E-state index contributed by atoms with van der Waals surface area (Å²) in [4.78, 5) is 12.1. The summed E-state index contributed by atoms with van der Waals surface area (Å²) >= 11 is 3.07. The van der Waals surface area contributed by atoms with Gasteiger partial charge in [0.2, 0.25) is 0 Å². The van der Waals surface area contributed by atoms with Crippen LogP contribution in [0.4, 0.5) is 15.8 Å². The van der Waals surface area contributed by atoms with Crippen molar-refractivity contribution >= 4 is 33.2 Å². The van der Waals surface area contributed by atoms with E-state index in [1.54, 1.807) is 12.1 Å². The molecule has 98 valence electrons. The van der Waals surface area contributed by atoms with Crippen LogP contribution in [0.5, 0.6) is 0 Å². The van der Waals surface area contributed by atoms with Crippen molar-refractivity contribution in [3.05, 3.63) is 57.8 Å². The third-order valence-corrected chi connectivity index (χ3v) is 3.35. The third-order valence-electron chi connectivity index (χ3n) is 2.75. The highest BCUT2D eigenvalue weighted by molar-refractivity contribution is 9.10. The molecule has 0 aliphatic carbocycles. The van der Waals surface area contributed by atoms with E-state index in [4.69, 9.17) is 5.73 Å². The highest BCUT2D eigenvalue weighted by Crippen LogP contribution is 2.22. The number of aryl methyl sites for hydroxylation is 1. The van der Waals surface area contributed by atoms with Gasteiger partial charge in [0.05, 0.1) is 10.0 Å². The smallest absolute Gasteiger partial charge is 0.257 e. The Bertz CT molecular complexity index is 643. The molecule has 0 radical (unpaired) electrons. The summed E-state index contributed by atoms with van der Waals surface area (Å²) in [6.45, 7) is 1.83. The molecular weight excluding hydrogens is 311 g/mol. The van der Waals surface area contributed by atoms with Crippen LogP contribution in [-0.2, 0) is 0 Å². The molecule has 0 fully saturated rings. The van der Waals surface area contributed by atoms with Crippen molar-refractivity contribution in [2.45, 2.75) is 6.92 Å². The lowest BCUT2D eigenvalue weighted by Crippen LogP contribution is -2.14. The summed E-state index contributed by atoms with van der Waals surface area (Å²) in [5, 5.41) is 2.68. The minimum Gasteiger partial charge on any atom is -0.398 e. The summed E-state index contributed by atoms with van der Waals surface area (Å²) in [6.07, 6.45) is 0. The first-order chi connectivity index (χ1) is 8.99. The highest BCUT2D eigenvalue weighted by atomic mass is 79.9. The number of carbonyl (C=O) groups is 1. The van der Waals surface area contributed by atoms with Crippen LogP contribution in [-0.4, -0.2) is 5.91 Å². The Morgan fingerprint density at radius 3 is 2.74 bits per heavy atom. The molecule has 0 aliphatic rings. The number of carbonyl (C=O) groups excluding carboxylic acids is 1. The first kappa shape index (κ1) is 13.5. The molecule has 0 atom stereocenters. The van der Waals surface area contributed by atoms with Crippen molar-refractivity contribution in [1.29, 1.82) is 0 Å². The minimum atomic E-state index is -0.381. The van der Waals surface area contributed by atoms with Gasteiger partial charge in [0.25, 0.3) is 5.91 Å². The number of hydrogen-bond donors (Lipinski definition) is 2. The number of benzene rings is 2. The monoisotopic (exact) mass is 322 g/mol. The molecular formula is C14H12BrFN2O. The predicted octanol–water partition coefficient (Wildman–Crippen LogP) is 3.73. The van der Waals surface area contributed by atoms with Gasteiger partial charge in [-0.15, -0.1) is 0 Å². The Balaban J connectivity index is 2.26. The molecule has 0 heterocycles. The van der Waals surface area contributed by atoms with Crippen molar-refractivity contribution in [3.8, 4) is 0 Å². The van der Waals surface area contributed by atoms with Gasteiger partial charge in [0, 0.05) is 11.4 Å². The number of para-hydroxylation sites is 1. The standard InChI is InChI=1S/C14H12BrFN2O/c1-8-3-2-4-10(13(8)17)14(19)18-9-5-6-12(16)11(15)7-9/h2-7H,17H2,1H3,(H,18,19). The third kappa shape index (κ3) is 2.93. The molecule has 0 unspecified atom stereocenters. The van der Waals surface area contributed by atoms with Gasteiger partial charge >= 0.3 is 0 Å². The second kappa shape index (κ2) is 5.40. The van der Waals surface area contributed by atoms with Crippen molar-refractivity contribution < 1.29 is 9.18 Å². The largest absolute Gasteiger partial charge is 0.398 e. The zero-order valence-corrected chi connectivity index (χ0v) is 11.8. The Kier molecular flexibility index (Phi) is 3.85. The molecule has 3 nitrogen and oxygen atoms in total. The Hall–Kier alpha value is -1.88. The van der Waals surface area contributed by atoms with E-state index in [0.29, 0.717) is 21.4 Å². The van der Waals surface area contributed by atoms with Gasteiger partial charge in [-0.2, -0.15) is 0 Å². The average molecular weight is 323 g/mol. The lowest BCUT2D eigenvalue weighted by Gasteiger charge is -2.09. The number of anilines is 2. The first-order valence-electron chi connectivity index (χ1n) is 5.60. The molecule has 0 aliphatic heterocycles. The minimum absolute atomic E-state index is 0.294. The van der Waals surface area contributed by atoms with Crippen molar-refractivity contribution in [1.82, 2.24) is 0 Å². The van der Waals surface area contributed by atoms with Gasteiger partial charge in [0.15, 0.2) is 0 Å². The molecule has 1 amide bonds. The maximum atomic E-state index is 13.1. The van der Waals surface area contributed by atoms with E-state index in [0.717, 1.165) is 5.56 Å². The van der Waals surface area contributed by atoms with Gasteiger partial charge < -0.3 is 11.1 Å². The van der Waals surface area contributed by atoms with Gasteiger partial charge in [-0.3, -0.25) is 4.79 Å². The van der Waals surface area contributed by atoms with Gasteiger partial charge in [-0.25, -0.2) is 4.39 Å². The van der Waals surface area contributed by atoms with Crippen LogP contribution in [0.3, 0.4) is 0 Å². The number of halogens is 2. The van der Waals surface area contributed by atoms with Crippen LogP contribution in [0.25, 0.3) is 0 Å². The van der Waals surface area contributed by atoms with Crippen LogP contribution in [0.2, 0.25) is 0 Å². The second-order valence-electron chi connectivity index (χ2n) is 4.12. The van der Waals surface area contributed by atoms with Crippen molar-refractivity contribution in [3.63, 3.8) is 0 Å². The van der Waals surface area contributed by atoms with E-state index in [2.05, 4.69) is 21.2 Å². The zero-order valence-electron chi connectivity index (χ0n) is 10.2. The fourth-order valence-electron chi connectivity index (χ4n) is 1.65. The SMILES string of the molecule is Cc1cccc(C(=O)Nc2ccc(F)c(Br)c2)c1N. The van der Waals surface area contributed by atoms with Crippen LogP contribution in [0.1, 0.15) is 15.9 Å². The van der Waals surface area contributed by atoms with E-state index < -0.39 is 0 Å². The number of hydrogen-bond acceptors (Lipinski definition) is 2. The molecule has 0 saturated carbocycles. The van der Waals surface area contributed by atoms with Crippen molar-refractivity contribution in [2.75, 3.05) is 11.1 Å². The molecule has 2 aromatic rings. The summed E-state index contributed by atoms with van der Waals surface area (Å²) in [7, 11) is 0. The van der Waals surface area contributed by atoms with Crippen LogP contribution < -0.4 is 11.1 Å². The molecule has 3 N–H and O–H groups in total. The average Bonchev–Trinajstić information content (AvgIpc) is 2.37. The molecule has 0 spiro atoms. The van der Waals surface area contributed by atoms with Crippen LogP contribution >= 0.6 is 15.9 Å². The lowest BCUT2D eigenvalue weighted by atomic mass is 10.1. The maximum Gasteiger partial charge on any atom is 0.257 e. The molecule has 0 saturated heterocycles. The number of amides is 1. The number of rotatable bonds is 2. The summed E-state index contributed by atoms with van der Waals surface area (Å²) < 4.78 is 13.4. The quantitative estimate of drug-likeness (QED) is 0.828. The van der Waals surface area contributed by atoms with Crippen LogP contribution in [0, 0.1) is 12.7 Å². The van der Waals surface area contributed by atoms with E-state index >= 15 is 0 Å². The van der Waals surface area contributed by atoms with E-state index in [-0.39, 0.29) is 11.7 Å². The molecule has 2 aromatic carbocycles. The lowest BCUT2D eigenvalue weighted by molar-refractivity contribution is 0.102. The number of nitrogen functional groups attached to an aromatic ring is 1. The summed E-state index contributed by atoms with van der Waals surface area (Å²) in [5.41, 5.74) is 8.05. The molecule has 0 aromatic heterocycles. The first-order valence-corrected chi connectivity index (χ1v) is 6.40. The fourth-order valence-corrected chi connectivity index (χ4v) is 2.03. The predicted molar refractivity (Wildman–Crippen MR) is 77.6 cm³/mol. The van der Waals surface area contributed by atoms with Gasteiger partial charge in [-0.1, -0.05) is 12.1 Å². The zero-order chi connectivity index (χ0) is 14.0. The topological polar surface area (TPSA) is 55.1 Å². The fraction of sp³-hybridized carbons (Fsp3) is 0.0714. The molecule has 19 heavy (non-hydrogen) atoms. The maximum absolute atomic E-state index is 13.1.